The average Bonchev–Trinajstić information content (AvgIpc) is 3.53. The standard InChI is InChI=1S/C39H49ClN4O6/c1-6-15-41-36(45)29-8-7-28-24-34(25-30(28)22-29)44(26-31-23-32(40)11-14-35(31)49-21-20-48-5)37(46)27-9-12-33(13-10-27)42-16-18-43(19-17-42)38(47)50-39(2,3)4/h7-14,22-23,34H,6,15-21,24-26H2,1-5H3,(H,41,45). The fraction of sp³-hybridized carbons (Fsp3) is 0.462. The lowest BCUT2D eigenvalue weighted by Crippen LogP contribution is -2.50. The molecular formula is C39H49ClN4O6. The van der Waals surface area contributed by atoms with Crippen LogP contribution in [0.2, 0.25) is 5.02 Å². The lowest BCUT2D eigenvalue weighted by molar-refractivity contribution is 0.0240. The van der Waals surface area contributed by atoms with Gasteiger partial charge in [0.25, 0.3) is 11.8 Å². The van der Waals surface area contributed by atoms with Gasteiger partial charge in [-0.05, 0) is 106 Å². The molecule has 0 bridgehead atoms. The van der Waals surface area contributed by atoms with Gasteiger partial charge in [-0.2, -0.15) is 0 Å². The Hall–Kier alpha value is -4.28. The first-order valence-electron chi connectivity index (χ1n) is 17.4. The van der Waals surface area contributed by atoms with Crippen molar-refractivity contribution in [2.75, 3.05) is 57.9 Å². The van der Waals surface area contributed by atoms with Gasteiger partial charge in [0.2, 0.25) is 0 Å². The van der Waals surface area contributed by atoms with Crippen molar-refractivity contribution in [3.63, 3.8) is 0 Å². The predicted octanol–water partition coefficient (Wildman–Crippen LogP) is 6.37. The van der Waals surface area contributed by atoms with E-state index in [4.69, 9.17) is 25.8 Å². The van der Waals surface area contributed by atoms with Gasteiger partial charge >= 0.3 is 6.09 Å². The van der Waals surface area contributed by atoms with Crippen molar-refractivity contribution in [2.24, 2.45) is 0 Å². The zero-order valence-corrected chi connectivity index (χ0v) is 30.6. The molecule has 2 aliphatic rings. The molecule has 1 aliphatic heterocycles. The van der Waals surface area contributed by atoms with Crippen molar-refractivity contribution in [3.8, 4) is 5.75 Å². The normalized spacial score (nSPS) is 15.8. The Balaban J connectivity index is 1.35. The SMILES string of the molecule is CCCNC(=O)c1ccc2c(c1)CC(N(Cc1cc(Cl)ccc1OCCOC)C(=O)c1ccc(N3CCN(C(=O)OC(C)(C)C)CC3)cc1)C2. The van der Waals surface area contributed by atoms with Crippen LogP contribution in [0.4, 0.5) is 10.5 Å². The van der Waals surface area contributed by atoms with Crippen LogP contribution >= 0.6 is 11.6 Å². The van der Waals surface area contributed by atoms with Crippen molar-refractivity contribution in [2.45, 2.75) is 65.1 Å². The molecule has 1 atom stereocenters. The molecule has 1 heterocycles. The maximum Gasteiger partial charge on any atom is 0.410 e. The Labute approximate surface area is 300 Å². The van der Waals surface area contributed by atoms with Crippen LogP contribution in [0, 0.1) is 0 Å². The summed E-state index contributed by atoms with van der Waals surface area (Å²) in [5.74, 6) is 0.456. The molecule has 0 saturated carbocycles. The van der Waals surface area contributed by atoms with Crippen LogP contribution in [0.3, 0.4) is 0 Å². The van der Waals surface area contributed by atoms with E-state index in [1.807, 2.05) is 87.2 Å². The summed E-state index contributed by atoms with van der Waals surface area (Å²) < 4.78 is 16.8. The van der Waals surface area contributed by atoms with E-state index in [-0.39, 0.29) is 23.9 Å². The molecule has 3 aromatic rings. The van der Waals surface area contributed by atoms with Gasteiger partial charge < -0.3 is 34.2 Å². The molecule has 1 unspecified atom stereocenters. The zero-order valence-electron chi connectivity index (χ0n) is 29.8. The number of hydrogen-bond donors (Lipinski definition) is 1. The number of carbonyl (C=O) groups is 3. The summed E-state index contributed by atoms with van der Waals surface area (Å²) in [4.78, 5) is 45.6. The van der Waals surface area contributed by atoms with Gasteiger partial charge in [-0.1, -0.05) is 24.6 Å². The minimum Gasteiger partial charge on any atom is -0.491 e. The van der Waals surface area contributed by atoms with Crippen LogP contribution in [-0.4, -0.2) is 92.4 Å². The van der Waals surface area contributed by atoms with E-state index in [0.29, 0.717) is 87.2 Å². The van der Waals surface area contributed by atoms with Gasteiger partial charge in [0.15, 0.2) is 0 Å². The Bertz CT molecular complexity index is 1650. The molecule has 11 heteroatoms. The number of benzene rings is 3. The molecule has 0 aromatic heterocycles. The molecule has 268 valence electrons. The topological polar surface area (TPSA) is 101 Å². The van der Waals surface area contributed by atoms with Gasteiger partial charge in [0.1, 0.15) is 18.0 Å². The molecule has 1 saturated heterocycles. The summed E-state index contributed by atoms with van der Waals surface area (Å²) in [5.41, 5.74) is 4.65. The second-order valence-electron chi connectivity index (χ2n) is 13.8. The number of rotatable bonds is 12. The van der Waals surface area contributed by atoms with Crippen LogP contribution in [0.1, 0.15) is 71.5 Å². The smallest absolute Gasteiger partial charge is 0.410 e. The second-order valence-corrected chi connectivity index (χ2v) is 14.3. The molecule has 0 spiro atoms. The first kappa shape index (κ1) is 37.0. The third-order valence-electron chi connectivity index (χ3n) is 8.94. The number of piperazine rings is 1. The monoisotopic (exact) mass is 704 g/mol. The Morgan fingerprint density at radius 3 is 2.28 bits per heavy atom. The molecule has 3 amide bonds. The highest BCUT2D eigenvalue weighted by atomic mass is 35.5. The summed E-state index contributed by atoms with van der Waals surface area (Å²) in [5, 5.41) is 3.51. The highest BCUT2D eigenvalue weighted by Crippen LogP contribution is 2.32. The van der Waals surface area contributed by atoms with Crippen LogP contribution in [-0.2, 0) is 28.9 Å². The summed E-state index contributed by atoms with van der Waals surface area (Å²) in [6.07, 6.45) is 1.85. The predicted molar refractivity (Wildman–Crippen MR) is 195 cm³/mol. The quantitative estimate of drug-likeness (QED) is 0.219. The molecular weight excluding hydrogens is 656 g/mol. The second kappa shape index (κ2) is 16.6. The number of halogens is 1. The fourth-order valence-electron chi connectivity index (χ4n) is 6.35. The Kier molecular flexibility index (Phi) is 12.3. The van der Waals surface area contributed by atoms with E-state index < -0.39 is 5.60 Å². The van der Waals surface area contributed by atoms with Crippen molar-refractivity contribution >= 4 is 35.2 Å². The van der Waals surface area contributed by atoms with Crippen molar-refractivity contribution in [1.29, 1.82) is 0 Å². The molecule has 3 aromatic carbocycles. The number of anilines is 1. The first-order valence-corrected chi connectivity index (χ1v) is 17.8. The Morgan fingerprint density at radius 2 is 1.60 bits per heavy atom. The average molecular weight is 705 g/mol. The lowest BCUT2D eigenvalue weighted by atomic mass is 10.1. The lowest BCUT2D eigenvalue weighted by Gasteiger charge is -2.36. The van der Waals surface area contributed by atoms with E-state index in [2.05, 4.69) is 10.2 Å². The summed E-state index contributed by atoms with van der Waals surface area (Å²) in [6.45, 7) is 11.8. The van der Waals surface area contributed by atoms with Crippen LogP contribution in [0.25, 0.3) is 0 Å². The maximum absolute atomic E-state index is 14.5. The molecule has 5 rings (SSSR count). The van der Waals surface area contributed by atoms with E-state index in [0.717, 1.165) is 28.8 Å². The van der Waals surface area contributed by atoms with Crippen LogP contribution < -0.4 is 15.0 Å². The van der Waals surface area contributed by atoms with E-state index in [1.54, 1.807) is 18.1 Å². The highest BCUT2D eigenvalue weighted by molar-refractivity contribution is 6.30. The van der Waals surface area contributed by atoms with Crippen molar-refractivity contribution in [1.82, 2.24) is 15.1 Å². The van der Waals surface area contributed by atoms with Gasteiger partial charge in [0.05, 0.1) is 6.61 Å². The summed E-state index contributed by atoms with van der Waals surface area (Å²) in [7, 11) is 1.62. The number of amides is 3. The van der Waals surface area contributed by atoms with E-state index in [9.17, 15) is 14.4 Å². The summed E-state index contributed by atoms with van der Waals surface area (Å²) in [6, 6.07) is 18.8. The largest absolute Gasteiger partial charge is 0.491 e. The number of hydrogen-bond acceptors (Lipinski definition) is 7. The molecule has 50 heavy (non-hydrogen) atoms. The molecule has 10 nitrogen and oxygen atoms in total. The minimum atomic E-state index is -0.537. The summed E-state index contributed by atoms with van der Waals surface area (Å²) >= 11 is 6.46. The van der Waals surface area contributed by atoms with E-state index in [1.165, 1.54) is 0 Å². The van der Waals surface area contributed by atoms with Crippen molar-refractivity contribution < 1.29 is 28.6 Å². The number of ether oxygens (including phenoxy) is 3. The Morgan fingerprint density at radius 1 is 0.900 bits per heavy atom. The van der Waals surface area contributed by atoms with Crippen LogP contribution in [0.5, 0.6) is 5.75 Å². The molecule has 1 aliphatic carbocycles. The highest BCUT2D eigenvalue weighted by Gasteiger charge is 2.32. The molecule has 0 radical (unpaired) electrons. The first-order chi connectivity index (χ1) is 24.0. The molecule has 1 fully saturated rings. The number of methoxy groups -OCH3 is 1. The number of nitrogens with zero attached hydrogens (tertiary/aromatic N) is 3. The van der Waals surface area contributed by atoms with Gasteiger partial charge in [0, 0.05) is 79.8 Å². The number of fused-ring (bicyclic) bond motifs is 1. The van der Waals surface area contributed by atoms with Crippen LogP contribution in [0.15, 0.2) is 60.7 Å². The minimum absolute atomic E-state index is 0.0887. The number of nitrogens with one attached hydrogen (secondary N) is 1. The van der Waals surface area contributed by atoms with Gasteiger partial charge in [-0.3, -0.25) is 9.59 Å². The third kappa shape index (κ3) is 9.48. The zero-order chi connectivity index (χ0) is 35.8. The van der Waals surface area contributed by atoms with Crippen molar-refractivity contribution in [3.05, 3.63) is 93.5 Å². The van der Waals surface area contributed by atoms with Gasteiger partial charge in [-0.25, -0.2) is 4.79 Å². The molecule has 1 N–H and O–H groups in total. The third-order valence-corrected chi connectivity index (χ3v) is 9.17. The number of carbonyl (C=O) groups excluding carboxylic acids is 3. The van der Waals surface area contributed by atoms with Gasteiger partial charge in [-0.15, -0.1) is 0 Å². The maximum atomic E-state index is 14.5. The fourth-order valence-corrected chi connectivity index (χ4v) is 6.54. The van der Waals surface area contributed by atoms with E-state index >= 15 is 0 Å².